The molecule has 1 saturated heterocycles. The maximum absolute atomic E-state index is 11.1. The van der Waals surface area contributed by atoms with Crippen molar-refractivity contribution >= 4 is 27.3 Å². The maximum atomic E-state index is 11.1. The Balaban J connectivity index is 2.56. The van der Waals surface area contributed by atoms with Gasteiger partial charge in [-0.15, -0.1) is 11.6 Å². The van der Waals surface area contributed by atoms with E-state index in [4.69, 9.17) is 16.9 Å². The highest BCUT2D eigenvalue weighted by atomic mass is 35.5. The van der Waals surface area contributed by atoms with Crippen LogP contribution in [0, 0.1) is 11.3 Å². The van der Waals surface area contributed by atoms with E-state index in [2.05, 4.69) is 5.32 Å². The van der Waals surface area contributed by atoms with Crippen LogP contribution in [0.5, 0.6) is 0 Å². The van der Waals surface area contributed by atoms with Crippen LogP contribution < -0.4 is 5.32 Å². The lowest BCUT2D eigenvalue weighted by Crippen LogP contribution is -2.40. The minimum Gasteiger partial charge on any atom is -0.350 e. The zero-order valence-corrected chi connectivity index (χ0v) is 8.81. The van der Waals surface area contributed by atoms with Crippen LogP contribution in [0.2, 0.25) is 0 Å². The van der Waals surface area contributed by atoms with Crippen molar-refractivity contribution in [2.75, 3.05) is 11.5 Å². The molecule has 1 N–H and O–H groups in total. The number of nitrogens with zero attached hydrogens (tertiary/aromatic N) is 1. The summed E-state index contributed by atoms with van der Waals surface area (Å²) in [5.74, 6) is -0.745. The fourth-order valence-electron chi connectivity index (χ4n) is 1.27. The second kappa shape index (κ2) is 4.15. The number of amides is 1. The molecule has 5 nitrogen and oxygen atoms in total. The van der Waals surface area contributed by atoms with E-state index in [0.29, 0.717) is 0 Å². The minimum absolute atomic E-state index is 0.119. The molecule has 0 aromatic rings. The summed E-state index contributed by atoms with van der Waals surface area (Å²) in [5.41, 5.74) is 0. The highest BCUT2D eigenvalue weighted by molar-refractivity contribution is 7.91. The third-order valence-electron chi connectivity index (χ3n) is 1.87. The Morgan fingerprint density at radius 3 is 2.64 bits per heavy atom. The van der Waals surface area contributed by atoms with Crippen LogP contribution in [0.3, 0.4) is 0 Å². The standard InChI is InChI=1S/C7H9ClN2O3S/c8-5-3-14(12,13)4-6(5)10-7(11)1-2-9/h5-6H,1,3-4H2,(H,10,11)/t5-,6-/m0/s1. The molecule has 1 aliphatic rings. The highest BCUT2D eigenvalue weighted by Gasteiger charge is 2.37. The number of hydrogen-bond acceptors (Lipinski definition) is 4. The third-order valence-corrected chi connectivity index (χ3v) is 4.24. The number of halogens is 1. The Hall–Kier alpha value is -0.800. The molecule has 0 spiro atoms. The van der Waals surface area contributed by atoms with E-state index in [1.54, 1.807) is 6.07 Å². The molecule has 1 aliphatic heterocycles. The van der Waals surface area contributed by atoms with E-state index in [0.717, 1.165) is 0 Å². The van der Waals surface area contributed by atoms with Crippen LogP contribution in [-0.4, -0.2) is 37.2 Å². The summed E-state index contributed by atoms with van der Waals surface area (Å²) in [6.45, 7) is 0. The zero-order chi connectivity index (χ0) is 10.8. The van der Waals surface area contributed by atoms with Crippen LogP contribution in [0.15, 0.2) is 0 Å². The molecule has 7 heteroatoms. The molecule has 0 aliphatic carbocycles. The van der Waals surface area contributed by atoms with Crippen LogP contribution in [0.25, 0.3) is 0 Å². The van der Waals surface area contributed by atoms with E-state index in [-0.39, 0.29) is 17.9 Å². The van der Waals surface area contributed by atoms with Crippen LogP contribution in [-0.2, 0) is 14.6 Å². The summed E-state index contributed by atoms with van der Waals surface area (Å²) < 4.78 is 22.2. The monoisotopic (exact) mass is 236 g/mol. The van der Waals surface area contributed by atoms with Crippen LogP contribution in [0.1, 0.15) is 6.42 Å². The van der Waals surface area contributed by atoms with E-state index < -0.39 is 27.2 Å². The van der Waals surface area contributed by atoms with Crippen molar-refractivity contribution in [2.45, 2.75) is 17.8 Å². The first kappa shape index (κ1) is 11.3. The van der Waals surface area contributed by atoms with Gasteiger partial charge < -0.3 is 5.32 Å². The molecule has 14 heavy (non-hydrogen) atoms. The summed E-state index contributed by atoms with van der Waals surface area (Å²) in [6.07, 6.45) is -0.278. The minimum atomic E-state index is -3.13. The number of carbonyl (C=O) groups is 1. The number of nitriles is 1. The Bertz CT molecular complexity index is 373. The second-order valence-corrected chi connectivity index (χ2v) is 5.82. The Labute approximate surface area is 87.0 Å². The van der Waals surface area contributed by atoms with E-state index in [9.17, 15) is 13.2 Å². The number of nitrogens with one attached hydrogen (secondary N) is 1. The molecular formula is C7H9ClN2O3S. The average Bonchev–Trinajstić information content (AvgIpc) is 2.25. The van der Waals surface area contributed by atoms with Gasteiger partial charge in [0.05, 0.1) is 29.0 Å². The van der Waals surface area contributed by atoms with Crippen molar-refractivity contribution in [3.8, 4) is 6.07 Å². The first-order valence-corrected chi connectivity index (χ1v) is 6.21. The Morgan fingerprint density at radius 1 is 1.57 bits per heavy atom. The van der Waals surface area contributed by atoms with Crippen molar-refractivity contribution in [1.82, 2.24) is 5.32 Å². The van der Waals surface area contributed by atoms with E-state index >= 15 is 0 Å². The lowest BCUT2D eigenvalue weighted by atomic mass is 10.2. The lowest BCUT2D eigenvalue weighted by molar-refractivity contribution is -0.120. The molecule has 0 aromatic heterocycles. The third kappa shape index (κ3) is 2.86. The van der Waals surface area contributed by atoms with Crippen molar-refractivity contribution in [2.24, 2.45) is 0 Å². The molecular weight excluding hydrogens is 228 g/mol. The van der Waals surface area contributed by atoms with Crippen LogP contribution in [0.4, 0.5) is 0 Å². The van der Waals surface area contributed by atoms with Gasteiger partial charge in [-0.25, -0.2) is 8.42 Å². The first-order chi connectivity index (χ1) is 6.44. The van der Waals surface area contributed by atoms with Gasteiger partial charge in [-0.2, -0.15) is 5.26 Å². The molecule has 0 radical (unpaired) electrons. The second-order valence-electron chi connectivity index (χ2n) is 3.10. The van der Waals surface area contributed by atoms with Gasteiger partial charge in [0, 0.05) is 0 Å². The first-order valence-electron chi connectivity index (χ1n) is 3.95. The topological polar surface area (TPSA) is 87.0 Å². The van der Waals surface area contributed by atoms with Gasteiger partial charge in [0.1, 0.15) is 6.42 Å². The smallest absolute Gasteiger partial charge is 0.234 e. The molecule has 2 atom stereocenters. The largest absolute Gasteiger partial charge is 0.350 e. The number of hydrogen-bond donors (Lipinski definition) is 1. The van der Waals surface area contributed by atoms with Crippen molar-refractivity contribution in [3.63, 3.8) is 0 Å². The molecule has 1 amide bonds. The fourth-order valence-corrected chi connectivity index (χ4v) is 3.82. The van der Waals surface area contributed by atoms with Gasteiger partial charge >= 0.3 is 0 Å². The average molecular weight is 237 g/mol. The summed E-state index contributed by atoms with van der Waals surface area (Å²) in [7, 11) is -3.13. The summed E-state index contributed by atoms with van der Waals surface area (Å²) in [5, 5.41) is 10.0. The maximum Gasteiger partial charge on any atom is 0.234 e. The van der Waals surface area contributed by atoms with Crippen molar-refractivity contribution < 1.29 is 13.2 Å². The van der Waals surface area contributed by atoms with Crippen molar-refractivity contribution in [1.29, 1.82) is 5.26 Å². The zero-order valence-electron chi connectivity index (χ0n) is 7.23. The Morgan fingerprint density at radius 2 is 2.21 bits per heavy atom. The van der Waals surface area contributed by atoms with Gasteiger partial charge in [-0.05, 0) is 0 Å². The molecule has 1 heterocycles. The van der Waals surface area contributed by atoms with E-state index in [1.807, 2.05) is 0 Å². The normalized spacial score (nSPS) is 29.4. The SMILES string of the molecule is N#CCC(=O)N[C@H]1CS(=O)(=O)C[C@@H]1Cl. The number of carbonyl (C=O) groups excluding carboxylic acids is 1. The van der Waals surface area contributed by atoms with E-state index in [1.165, 1.54) is 0 Å². The summed E-state index contributed by atoms with van der Waals surface area (Å²) in [6, 6.07) is 1.11. The number of alkyl halides is 1. The number of rotatable bonds is 2. The Kier molecular flexibility index (Phi) is 3.34. The molecule has 0 unspecified atom stereocenters. The summed E-state index contributed by atoms with van der Waals surface area (Å²) >= 11 is 5.73. The molecule has 0 aromatic carbocycles. The fraction of sp³-hybridized carbons (Fsp3) is 0.714. The van der Waals surface area contributed by atoms with Gasteiger partial charge in [0.2, 0.25) is 5.91 Å². The van der Waals surface area contributed by atoms with Gasteiger partial charge in [0.15, 0.2) is 9.84 Å². The lowest BCUT2D eigenvalue weighted by Gasteiger charge is -2.12. The number of sulfone groups is 1. The van der Waals surface area contributed by atoms with Gasteiger partial charge in [-0.1, -0.05) is 0 Å². The van der Waals surface area contributed by atoms with Crippen molar-refractivity contribution in [3.05, 3.63) is 0 Å². The van der Waals surface area contributed by atoms with Gasteiger partial charge in [0.25, 0.3) is 0 Å². The van der Waals surface area contributed by atoms with Crippen LogP contribution >= 0.6 is 11.6 Å². The highest BCUT2D eigenvalue weighted by Crippen LogP contribution is 2.17. The molecule has 78 valence electrons. The quantitative estimate of drug-likeness (QED) is 0.650. The molecule has 1 rings (SSSR count). The van der Waals surface area contributed by atoms with Gasteiger partial charge in [-0.3, -0.25) is 4.79 Å². The summed E-state index contributed by atoms with van der Waals surface area (Å²) in [4.78, 5) is 11.0. The molecule has 1 fully saturated rings. The predicted molar refractivity (Wildman–Crippen MR) is 50.5 cm³/mol. The predicted octanol–water partition coefficient (Wildman–Crippen LogP) is -0.579. The molecule has 0 bridgehead atoms. The molecule has 0 saturated carbocycles.